The van der Waals surface area contributed by atoms with E-state index < -0.39 is 12.0 Å². The molecular formula is C31H25N5O4. The number of hydrogen-bond donors (Lipinski definition) is 2. The number of carbonyl (C=O) groups excluding carboxylic acids is 3. The van der Waals surface area contributed by atoms with E-state index in [1.807, 2.05) is 6.07 Å². The highest BCUT2D eigenvalue weighted by atomic mass is 16.5. The lowest BCUT2D eigenvalue weighted by molar-refractivity contribution is -0.129. The third-order valence-corrected chi connectivity index (χ3v) is 6.93. The number of hydrazine groups is 1. The van der Waals surface area contributed by atoms with Gasteiger partial charge in [0.25, 0.3) is 5.91 Å². The van der Waals surface area contributed by atoms with E-state index in [1.165, 1.54) is 13.2 Å². The number of allylic oxidation sites excluding steroid dienone is 1. The molecule has 2 N–H and O–H groups in total. The Balaban J connectivity index is 1.35. The number of methoxy groups -OCH3 is 1. The van der Waals surface area contributed by atoms with E-state index in [1.54, 1.807) is 83.7 Å². The lowest BCUT2D eigenvalue weighted by atomic mass is 9.96. The molecule has 2 aliphatic heterocycles. The number of nitrogens with zero attached hydrogens (tertiary/aromatic N) is 3. The van der Waals surface area contributed by atoms with Crippen LogP contribution in [0.15, 0.2) is 78.6 Å². The molecule has 1 fully saturated rings. The second-order valence-electron chi connectivity index (χ2n) is 9.38. The number of amides is 2. The number of ether oxygens (including phenoxy) is 1. The Morgan fingerprint density at radius 2 is 1.88 bits per heavy atom. The minimum atomic E-state index is -0.787. The van der Waals surface area contributed by atoms with Crippen LogP contribution < -0.4 is 20.4 Å². The fraction of sp³-hybridized carbons (Fsp3) is 0.161. The largest absolute Gasteiger partial charge is 0.495 e. The number of terminal acetylenes is 1. The van der Waals surface area contributed by atoms with Crippen LogP contribution in [-0.4, -0.2) is 42.3 Å². The maximum Gasteiger partial charge on any atom is 0.256 e. The average molecular weight is 532 g/mol. The minimum Gasteiger partial charge on any atom is -0.495 e. The Morgan fingerprint density at radius 1 is 1.10 bits per heavy atom. The van der Waals surface area contributed by atoms with Crippen molar-refractivity contribution in [2.75, 3.05) is 23.9 Å². The van der Waals surface area contributed by atoms with Gasteiger partial charge in [-0.2, -0.15) is 5.26 Å². The maximum absolute atomic E-state index is 13.8. The van der Waals surface area contributed by atoms with Gasteiger partial charge in [-0.1, -0.05) is 18.1 Å². The third kappa shape index (κ3) is 4.78. The zero-order valence-electron chi connectivity index (χ0n) is 21.8. The number of anilines is 2. The molecule has 3 aromatic carbocycles. The van der Waals surface area contributed by atoms with E-state index >= 15 is 0 Å². The third-order valence-electron chi connectivity index (χ3n) is 6.93. The van der Waals surface area contributed by atoms with Crippen molar-refractivity contribution in [2.24, 2.45) is 5.92 Å². The highest BCUT2D eigenvalue weighted by Crippen LogP contribution is 2.32. The Hall–Kier alpha value is -5.38. The first-order valence-corrected chi connectivity index (χ1v) is 12.5. The van der Waals surface area contributed by atoms with Gasteiger partial charge < -0.3 is 15.1 Å². The van der Waals surface area contributed by atoms with Gasteiger partial charge in [0.15, 0.2) is 5.78 Å². The van der Waals surface area contributed by atoms with Crippen molar-refractivity contribution < 1.29 is 19.1 Å². The van der Waals surface area contributed by atoms with Gasteiger partial charge in [-0.3, -0.25) is 19.3 Å². The molecule has 5 rings (SSSR count). The summed E-state index contributed by atoms with van der Waals surface area (Å²) >= 11 is 0. The van der Waals surface area contributed by atoms with E-state index in [4.69, 9.17) is 11.2 Å². The molecular weight excluding hydrogens is 506 g/mol. The van der Waals surface area contributed by atoms with Gasteiger partial charge >= 0.3 is 0 Å². The number of rotatable bonds is 6. The van der Waals surface area contributed by atoms with Crippen LogP contribution in [0.1, 0.15) is 34.0 Å². The lowest BCUT2D eigenvalue weighted by Crippen LogP contribution is -2.53. The van der Waals surface area contributed by atoms with Crippen LogP contribution >= 0.6 is 0 Å². The van der Waals surface area contributed by atoms with E-state index in [0.717, 1.165) is 0 Å². The van der Waals surface area contributed by atoms with Crippen molar-refractivity contribution in [3.05, 3.63) is 101 Å². The Morgan fingerprint density at radius 3 is 2.58 bits per heavy atom. The summed E-state index contributed by atoms with van der Waals surface area (Å²) in [5.74, 6) is 1.42. The van der Waals surface area contributed by atoms with Gasteiger partial charge in [-0.25, -0.2) is 5.43 Å². The summed E-state index contributed by atoms with van der Waals surface area (Å²) in [4.78, 5) is 41.5. The van der Waals surface area contributed by atoms with Crippen molar-refractivity contribution in [3.8, 4) is 24.2 Å². The molecule has 9 nitrogen and oxygen atoms in total. The van der Waals surface area contributed by atoms with E-state index in [-0.39, 0.29) is 29.7 Å². The number of nitrogens with one attached hydrogen (secondary N) is 2. The number of fused-ring (bicyclic) bond motifs is 1. The maximum atomic E-state index is 13.8. The summed E-state index contributed by atoms with van der Waals surface area (Å²) in [5, 5.41) is 13.8. The second-order valence-corrected chi connectivity index (χ2v) is 9.38. The molecule has 40 heavy (non-hydrogen) atoms. The topological polar surface area (TPSA) is 115 Å². The predicted molar refractivity (Wildman–Crippen MR) is 149 cm³/mol. The van der Waals surface area contributed by atoms with Gasteiger partial charge in [0.05, 0.1) is 18.6 Å². The number of carbonyl (C=O) groups is 3. The molecule has 1 saturated heterocycles. The normalized spacial score (nSPS) is 17.8. The number of ketones is 1. The van der Waals surface area contributed by atoms with Gasteiger partial charge in [-0.05, 0) is 61.5 Å². The van der Waals surface area contributed by atoms with Crippen LogP contribution in [0.3, 0.4) is 0 Å². The Labute approximate surface area is 231 Å². The zero-order valence-corrected chi connectivity index (χ0v) is 21.8. The molecule has 3 aromatic rings. The van der Waals surface area contributed by atoms with E-state index in [0.29, 0.717) is 39.5 Å². The fourth-order valence-electron chi connectivity index (χ4n) is 4.94. The van der Waals surface area contributed by atoms with Crippen LogP contribution in [-0.2, 0) is 9.59 Å². The van der Waals surface area contributed by atoms with Crippen molar-refractivity contribution in [3.63, 3.8) is 0 Å². The molecule has 1 unspecified atom stereocenters. The van der Waals surface area contributed by atoms with Crippen LogP contribution in [0, 0.1) is 29.6 Å². The highest BCUT2D eigenvalue weighted by Gasteiger charge is 2.47. The average Bonchev–Trinajstić information content (AvgIpc) is 3.41. The van der Waals surface area contributed by atoms with Crippen molar-refractivity contribution in [1.82, 2.24) is 10.4 Å². The monoisotopic (exact) mass is 531 g/mol. The van der Waals surface area contributed by atoms with Crippen molar-refractivity contribution >= 4 is 29.0 Å². The molecule has 2 atom stereocenters. The SMILES string of the molecule is C#Cc1cccc(C(=O)c2ccc(N3C(=O)C4[C@@H](C(=O)Nc5ccc(OC)c(C#N)c5)CNN4C=C3C)cc2)c1. The summed E-state index contributed by atoms with van der Waals surface area (Å²) < 4.78 is 5.16. The van der Waals surface area contributed by atoms with Gasteiger partial charge in [0.1, 0.15) is 17.9 Å². The van der Waals surface area contributed by atoms with Crippen LogP contribution in [0.25, 0.3) is 0 Å². The quantitative estimate of drug-likeness (QED) is 0.370. The standard InChI is InChI=1S/C31H25N5O4/c1-4-20-6-5-7-22(14-20)29(37)21-8-11-25(12-9-21)36-19(2)18-35-28(31(36)39)26(17-33-35)30(38)34-24-10-13-27(40-3)23(15-24)16-32/h1,5-15,18,26,28,33H,17H2,2-3H3,(H,34,38)/t26-,28?/m0/s1. The molecule has 0 radical (unpaired) electrons. The lowest BCUT2D eigenvalue weighted by Gasteiger charge is -2.36. The minimum absolute atomic E-state index is 0.179. The van der Waals surface area contributed by atoms with Gasteiger partial charge in [0.2, 0.25) is 5.91 Å². The Kier molecular flexibility index (Phi) is 7.07. The summed E-state index contributed by atoms with van der Waals surface area (Å²) in [6.07, 6.45) is 7.24. The molecule has 2 amide bonds. The molecule has 0 spiro atoms. The zero-order chi connectivity index (χ0) is 28.4. The first kappa shape index (κ1) is 26.2. The van der Waals surface area contributed by atoms with E-state index in [9.17, 15) is 19.6 Å². The molecule has 2 aliphatic rings. The summed E-state index contributed by atoms with van der Waals surface area (Å²) in [5.41, 5.74) is 6.63. The second kappa shape index (κ2) is 10.8. The molecule has 198 valence electrons. The van der Waals surface area contributed by atoms with Crippen LogP contribution in [0.4, 0.5) is 11.4 Å². The van der Waals surface area contributed by atoms with Gasteiger partial charge in [-0.15, -0.1) is 6.42 Å². The first-order valence-electron chi connectivity index (χ1n) is 12.5. The predicted octanol–water partition coefficient (Wildman–Crippen LogP) is 3.43. The molecule has 0 aliphatic carbocycles. The van der Waals surface area contributed by atoms with Crippen LogP contribution in [0.2, 0.25) is 0 Å². The Bertz CT molecular complexity index is 1630. The summed E-state index contributed by atoms with van der Waals surface area (Å²) in [7, 11) is 1.47. The van der Waals surface area contributed by atoms with Crippen molar-refractivity contribution in [1.29, 1.82) is 5.26 Å². The highest BCUT2D eigenvalue weighted by molar-refractivity contribution is 6.10. The van der Waals surface area contributed by atoms with Crippen molar-refractivity contribution in [2.45, 2.75) is 13.0 Å². The van der Waals surface area contributed by atoms with Crippen LogP contribution in [0.5, 0.6) is 5.75 Å². The van der Waals surface area contributed by atoms with E-state index in [2.05, 4.69) is 16.7 Å². The first-order chi connectivity index (χ1) is 19.3. The molecule has 0 saturated carbocycles. The number of hydrogen-bond acceptors (Lipinski definition) is 7. The smallest absolute Gasteiger partial charge is 0.256 e. The number of nitriles is 1. The van der Waals surface area contributed by atoms with Gasteiger partial charge in [0, 0.05) is 46.5 Å². The fourth-order valence-corrected chi connectivity index (χ4v) is 4.94. The number of benzene rings is 3. The molecule has 2 heterocycles. The molecule has 9 heteroatoms. The molecule has 0 bridgehead atoms. The molecule has 0 aromatic heterocycles. The summed E-state index contributed by atoms with van der Waals surface area (Å²) in [6.45, 7) is 2.06. The summed E-state index contributed by atoms with van der Waals surface area (Å²) in [6, 6.07) is 19.6.